The third-order valence-electron chi connectivity index (χ3n) is 2.92. The number of carbonyl (C=O) groups is 1. The first-order valence-electron chi connectivity index (χ1n) is 5.66. The molecule has 0 radical (unpaired) electrons. The van der Waals surface area contributed by atoms with Crippen molar-refractivity contribution in [3.63, 3.8) is 0 Å². The Kier molecular flexibility index (Phi) is 6.23. The van der Waals surface area contributed by atoms with Gasteiger partial charge in [-0.05, 0) is 47.5 Å². The summed E-state index contributed by atoms with van der Waals surface area (Å²) < 4.78 is 0. The van der Waals surface area contributed by atoms with Crippen LogP contribution in [0.25, 0.3) is 0 Å². The Morgan fingerprint density at radius 2 is 1.67 bits per heavy atom. The van der Waals surface area contributed by atoms with E-state index in [4.69, 9.17) is 0 Å². The maximum absolute atomic E-state index is 11.1. The van der Waals surface area contributed by atoms with Crippen molar-refractivity contribution in [3.8, 4) is 0 Å². The van der Waals surface area contributed by atoms with E-state index >= 15 is 0 Å². The van der Waals surface area contributed by atoms with Gasteiger partial charge < -0.3 is 0 Å². The van der Waals surface area contributed by atoms with Gasteiger partial charge in [0.15, 0.2) is 0 Å². The summed E-state index contributed by atoms with van der Waals surface area (Å²) in [5.74, 6) is 0.488. The second-order valence-corrected chi connectivity index (χ2v) is 4.72. The third-order valence-corrected chi connectivity index (χ3v) is 2.92. The molecule has 0 spiro atoms. The van der Waals surface area contributed by atoms with Crippen LogP contribution in [0, 0.1) is 5.92 Å². The summed E-state index contributed by atoms with van der Waals surface area (Å²) in [6.45, 7) is 12.2. The minimum Gasteiger partial charge on any atom is -0.300 e. The van der Waals surface area contributed by atoms with E-state index in [2.05, 4.69) is 33.8 Å². The van der Waals surface area contributed by atoms with Crippen LogP contribution in [-0.4, -0.2) is 5.78 Å². The lowest BCUT2D eigenvalue weighted by molar-refractivity contribution is -0.120. The molecule has 0 aliphatic heterocycles. The van der Waals surface area contributed by atoms with Crippen molar-refractivity contribution in [2.45, 2.75) is 54.4 Å². The average Bonchev–Trinajstić information content (AvgIpc) is 2.13. The molecular weight excluding hydrogens is 184 g/mol. The first kappa shape index (κ1) is 14.2. The summed E-state index contributed by atoms with van der Waals surface area (Å²) in [4.78, 5) is 11.1. The molecule has 0 bridgehead atoms. The molecule has 1 nitrogen and oxygen atoms in total. The van der Waals surface area contributed by atoms with E-state index in [1.807, 2.05) is 6.92 Å². The summed E-state index contributed by atoms with van der Waals surface area (Å²) in [7, 11) is 0. The van der Waals surface area contributed by atoms with Crippen LogP contribution in [0.15, 0.2) is 22.8 Å². The molecule has 0 saturated carbocycles. The first-order chi connectivity index (χ1) is 6.84. The van der Waals surface area contributed by atoms with Crippen molar-refractivity contribution < 1.29 is 4.79 Å². The molecule has 86 valence electrons. The van der Waals surface area contributed by atoms with Crippen molar-refractivity contribution in [2.75, 3.05) is 0 Å². The summed E-state index contributed by atoms with van der Waals surface area (Å²) >= 11 is 0. The van der Waals surface area contributed by atoms with Gasteiger partial charge in [-0.1, -0.05) is 29.7 Å². The summed E-state index contributed by atoms with van der Waals surface area (Å²) in [6, 6.07) is 0. The van der Waals surface area contributed by atoms with Crippen LogP contribution >= 0.6 is 0 Å². The van der Waals surface area contributed by atoms with Crippen LogP contribution in [-0.2, 0) is 4.79 Å². The molecule has 0 heterocycles. The number of Topliss-reactive ketones (excluding diaryl/α,β-unsaturated/α-hetero) is 1. The predicted molar refractivity (Wildman–Crippen MR) is 66.9 cm³/mol. The Bertz CT molecular complexity index is 278. The largest absolute Gasteiger partial charge is 0.300 e. The van der Waals surface area contributed by atoms with Gasteiger partial charge in [-0.3, -0.25) is 4.79 Å². The second-order valence-electron chi connectivity index (χ2n) is 4.72. The van der Waals surface area contributed by atoms with E-state index in [-0.39, 0.29) is 5.92 Å². The highest BCUT2D eigenvalue weighted by molar-refractivity contribution is 5.77. The van der Waals surface area contributed by atoms with Gasteiger partial charge in [0.2, 0.25) is 0 Å². The average molecular weight is 208 g/mol. The Morgan fingerprint density at radius 3 is 2.07 bits per heavy atom. The van der Waals surface area contributed by atoms with Gasteiger partial charge in [0.25, 0.3) is 0 Å². The van der Waals surface area contributed by atoms with Crippen molar-refractivity contribution >= 4 is 5.78 Å². The summed E-state index contributed by atoms with van der Waals surface area (Å²) in [5, 5.41) is 0. The number of allylic oxidation sites excluding steroid dienone is 4. The van der Waals surface area contributed by atoms with Crippen LogP contribution in [0.2, 0.25) is 0 Å². The summed E-state index contributed by atoms with van der Waals surface area (Å²) in [6.07, 6.45) is 4.21. The predicted octanol–water partition coefficient (Wildman–Crippen LogP) is 4.29. The highest BCUT2D eigenvalue weighted by atomic mass is 16.1. The van der Waals surface area contributed by atoms with E-state index in [1.54, 1.807) is 6.92 Å². The minimum absolute atomic E-state index is 0.195. The van der Waals surface area contributed by atoms with Gasteiger partial charge in [0, 0.05) is 5.92 Å². The Balaban J connectivity index is 4.21. The maximum Gasteiger partial charge on any atom is 0.132 e. The van der Waals surface area contributed by atoms with Gasteiger partial charge in [0.05, 0.1) is 0 Å². The smallest absolute Gasteiger partial charge is 0.132 e. The Labute approximate surface area is 94.3 Å². The lowest BCUT2D eigenvalue weighted by atomic mass is 9.97. The lowest BCUT2D eigenvalue weighted by Gasteiger charge is -2.07. The van der Waals surface area contributed by atoms with E-state index in [9.17, 15) is 4.79 Å². The number of carbonyl (C=O) groups excluding carboxylic acids is 1. The molecule has 0 aromatic rings. The highest BCUT2D eigenvalue weighted by Crippen LogP contribution is 2.15. The molecular formula is C14H24O. The van der Waals surface area contributed by atoms with Crippen molar-refractivity contribution in [2.24, 2.45) is 5.92 Å². The number of ketones is 1. The minimum atomic E-state index is 0.195. The molecule has 0 aliphatic carbocycles. The molecule has 0 rings (SSSR count). The quantitative estimate of drug-likeness (QED) is 0.616. The van der Waals surface area contributed by atoms with Crippen molar-refractivity contribution in [1.82, 2.24) is 0 Å². The van der Waals surface area contributed by atoms with Crippen LogP contribution in [0.1, 0.15) is 54.4 Å². The normalized spacial score (nSPS) is 13.6. The fraction of sp³-hybridized carbons (Fsp3) is 0.643. The van der Waals surface area contributed by atoms with Crippen LogP contribution < -0.4 is 0 Å². The van der Waals surface area contributed by atoms with Gasteiger partial charge in [0.1, 0.15) is 5.78 Å². The molecule has 15 heavy (non-hydrogen) atoms. The monoisotopic (exact) mass is 208 g/mol. The molecule has 0 aromatic carbocycles. The third kappa shape index (κ3) is 6.27. The molecule has 0 fully saturated rings. The highest BCUT2D eigenvalue weighted by Gasteiger charge is 2.06. The molecule has 0 aromatic heterocycles. The van der Waals surface area contributed by atoms with E-state index in [0.29, 0.717) is 5.78 Å². The Hall–Kier alpha value is -0.850. The summed E-state index contributed by atoms with van der Waals surface area (Å²) in [5.41, 5.74) is 4.05. The zero-order valence-corrected chi connectivity index (χ0v) is 11.0. The molecule has 0 N–H and O–H groups in total. The molecule has 0 saturated heterocycles. The standard InChI is InChI=1S/C14H24O/c1-10(2)13(5)9-11(3)7-8-12(4)14(6)15/h9,12H,7-8H2,1-6H3/b11-9+. The van der Waals surface area contributed by atoms with Crippen molar-refractivity contribution in [3.05, 3.63) is 22.8 Å². The van der Waals surface area contributed by atoms with Crippen LogP contribution in [0.5, 0.6) is 0 Å². The zero-order valence-electron chi connectivity index (χ0n) is 11.0. The molecule has 1 heteroatoms. The fourth-order valence-corrected chi connectivity index (χ4v) is 1.23. The molecule has 0 aliphatic rings. The Morgan fingerprint density at radius 1 is 1.13 bits per heavy atom. The fourth-order valence-electron chi connectivity index (χ4n) is 1.23. The number of hydrogen-bond acceptors (Lipinski definition) is 1. The maximum atomic E-state index is 11.1. The van der Waals surface area contributed by atoms with E-state index < -0.39 is 0 Å². The van der Waals surface area contributed by atoms with Crippen LogP contribution in [0.4, 0.5) is 0 Å². The van der Waals surface area contributed by atoms with Crippen LogP contribution in [0.3, 0.4) is 0 Å². The van der Waals surface area contributed by atoms with Crippen molar-refractivity contribution in [1.29, 1.82) is 0 Å². The SMILES string of the molecule is CC(=O)C(C)CC/C(C)=C/C(C)=C(C)C. The molecule has 1 atom stereocenters. The zero-order chi connectivity index (χ0) is 12.0. The lowest BCUT2D eigenvalue weighted by Crippen LogP contribution is -2.05. The van der Waals surface area contributed by atoms with E-state index in [0.717, 1.165) is 12.8 Å². The van der Waals surface area contributed by atoms with Gasteiger partial charge in [-0.15, -0.1) is 0 Å². The van der Waals surface area contributed by atoms with Gasteiger partial charge in [-0.2, -0.15) is 0 Å². The second kappa shape index (κ2) is 6.60. The number of hydrogen-bond donors (Lipinski definition) is 0. The number of rotatable bonds is 5. The van der Waals surface area contributed by atoms with E-state index in [1.165, 1.54) is 16.7 Å². The van der Waals surface area contributed by atoms with Gasteiger partial charge >= 0.3 is 0 Å². The van der Waals surface area contributed by atoms with Gasteiger partial charge in [-0.25, -0.2) is 0 Å². The topological polar surface area (TPSA) is 17.1 Å². The molecule has 1 unspecified atom stereocenters. The first-order valence-corrected chi connectivity index (χ1v) is 5.66. The molecule has 0 amide bonds.